The summed E-state index contributed by atoms with van der Waals surface area (Å²) in [6.07, 6.45) is 0. The Bertz CT molecular complexity index is 334. The predicted molar refractivity (Wildman–Crippen MR) is 55.9 cm³/mol. The van der Waals surface area contributed by atoms with Crippen LogP contribution in [-0.2, 0) is 0 Å². The number of rotatable bonds is 2. The van der Waals surface area contributed by atoms with Crippen LogP contribution in [0.2, 0.25) is 5.02 Å². The first-order valence-electron chi connectivity index (χ1n) is 3.65. The van der Waals surface area contributed by atoms with E-state index in [2.05, 4.69) is 0 Å². The fourth-order valence-corrected chi connectivity index (χ4v) is 1.56. The molecule has 1 aromatic rings. The van der Waals surface area contributed by atoms with Crippen LogP contribution in [0.5, 0.6) is 0 Å². The summed E-state index contributed by atoms with van der Waals surface area (Å²) in [4.78, 5) is 10.8. The quantitative estimate of drug-likeness (QED) is 0.561. The molecule has 0 bridgehead atoms. The van der Waals surface area contributed by atoms with Crippen LogP contribution in [0.25, 0.3) is 0 Å². The first-order chi connectivity index (χ1) is 6.02. The third-order valence-corrected chi connectivity index (χ3v) is 2.43. The number of halogens is 3. The van der Waals surface area contributed by atoms with Gasteiger partial charge in [-0.2, -0.15) is 0 Å². The van der Waals surface area contributed by atoms with E-state index in [4.69, 9.17) is 34.8 Å². The van der Waals surface area contributed by atoms with Gasteiger partial charge in [-0.15, -0.1) is 11.6 Å². The SMILES string of the molecule is CC(Cl)c1ccc(C(=O)Cl)c(Cl)c1. The van der Waals surface area contributed by atoms with Crippen LogP contribution in [0.4, 0.5) is 0 Å². The van der Waals surface area contributed by atoms with E-state index in [0.29, 0.717) is 10.6 Å². The van der Waals surface area contributed by atoms with E-state index in [0.717, 1.165) is 5.56 Å². The maximum atomic E-state index is 10.8. The number of carbonyl (C=O) groups excluding carboxylic acids is 1. The summed E-state index contributed by atoms with van der Waals surface area (Å²) < 4.78 is 0. The molecule has 0 heterocycles. The van der Waals surface area contributed by atoms with E-state index in [1.165, 1.54) is 0 Å². The molecular weight excluding hydrogens is 230 g/mol. The van der Waals surface area contributed by atoms with Gasteiger partial charge in [0.25, 0.3) is 5.24 Å². The van der Waals surface area contributed by atoms with Gasteiger partial charge >= 0.3 is 0 Å². The van der Waals surface area contributed by atoms with Crippen molar-refractivity contribution in [2.75, 3.05) is 0 Å². The smallest absolute Gasteiger partial charge is 0.253 e. The molecule has 70 valence electrons. The van der Waals surface area contributed by atoms with Crippen LogP contribution >= 0.6 is 34.8 Å². The molecule has 0 aliphatic heterocycles. The highest BCUT2D eigenvalue weighted by atomic mass is 35.5. The molecule has 13 heavy (non-hydrogen) atoms. The molecule has 0 aliphatic carbocycles. The molecule has 1 atom stereocenters. The fourth-order valence-electron chi connectivity index (χ4n) is 0.938. The lowest BCUT2D eigenvalue weighted by atomic mass is 10.1. The Morgan fingerprint density at radius 2 is 2.08 bits per heavy atom. The molecule has 0 N–H and O–H groups in total. The number of benzene rings is 1. The largest absolute Gasteiger partial charge is 0.276 e. The number of carbonyl (C=O) groups is 1. The molecule has 0 spiro atoms. The first kappa shape index (κ1) is 10.8. The molecule has 0 saturated carbocycles. The summed E-state index contributed by atoms with van der Waals surface area (Å²) in [6, 6.07) is 4.96. The van der Waals surface area contributed by atoms with Crippen LogP contribution < -0.4 is 0 Å². The Labute approximate surface area is 91.6 Å². The second-order valence-electron chi connectivity index (χ2n) is 2.63. The average Bonchev–Trinajstić information content (AvgIpc) is 2.03. The van der Waals surface area contributed by atoms with Gasteiger partial charge in [0.1, 0.15) is 0 Å². The van der Waals surface area contributed by atoms with E-state index < -0.39 is 5.24 Å². The molecule has 1 nitrogen and oxygen atoms in total. The lowest BCUT2D eigenvalue weighted by Crippen LogP contribution is -1.92. The van der Waals surface area contributed by atoms with Gasteiger partial charge in [0.05, 0.1) is 16.0 Å². The Balaban J connectivity index is 3.13. The van der Waals surface area contributed by atoms with Gasteiger partial charge in [0.2, 0.25) is 0 Å². The number of hydrogen-bond acceptors (Lipinski definition) is 1. The van der Waals surface area contributed by atoms with Gasteiger partial charge in [-0.3, -0.25) is 4.79 Å². The van der Waals surface area contributed by atoms with Crippen molar-refractivity contribution >= 4 is 40.0 Å². The maximum Gasteiger partial charge on any atom is 0.253 e. The molecule has 0 aliphatic rings. The lowest BCUT2D eigenvalue weighted by molar-refractivity contribution is 0.108. The molecule has 0 fully saturated rings. The molecule has 1 rings (SSSR count). The van der Waals surface area contributed by atoms with E-state index in [-0.39, 0.29) is 5.38 Å². The summed E-state index contributed by atoms with van der Waals surface area (Å²) in [5.41, 5.74) is 1.18. The van der Waals surface area contributed by atoms with Crippen LogP contribution in [0, 0.1) is 0 Å². The molecule has 1 unspecified atom stereocenters. The summed E-state index contributed by atoms with van der Waals surface area (Å²) in [6.45, 7) is 1.83. The monoisotopic (exact) mass is 236 g/mol. The van der Waals surface area contributed by atoms with E-state index in [9.17, 15) is 4.79 Å². The average molecular weight is 238 g/mol. The van der Waals surface area contributed by atoms with Gasteiger partial charge in [-0.1, -0.05) is 17.7 Å². The van der Waals surface area contributed by atoms with Crippen molar-refractivity contribution in [1.82, 2.24) is 0 Å². The van der Waals surface area contributed by atoms with E-state index in [1.807, 2.05) is 6.92 Å². The summed E-state index contributed by atoms with van der Waals surface area (Å²) in [7, 11) is 0. The molecule has 0 amide bonds. The molecule has 1 aromatic carbocycles. The van der Waals surface area contributed by atoms with Crippen LogP contribution in [0.3, 0.4) is 0 Å². The van der Waals surface area contributed by atoms with Crippen molar-refractivity contribution in [3.05, 3.63) is 34.3 Å². The van der Waals surface area contributed by atoms with Crippen molar-refractivity contribution in [1.29, 1.82) is 0 Å². The zero-order chi connectivity index (χ0) is 10.0. The van der Waals surface area contributed by atoms with Gasteiger partial charge in [-0.25, -0.2) is 0 Å². The normalized spacial score (nSPS) is 12.6. The Hall–Kier alpha value is -0.240. The Kier molecular flexibility index (Phi) is 3.60. The summed E-state index contributed by atoms with van der Waals surface area (Å²) >= 11 is 16.9. The third-order valence-electron chi connectivity index (χ3n) is 1.66. The minimum absolute atomic E-state index is 0.128. The topological polar surface area (TPSA) is 17.1 Å². The highest BCUT2D eigenvalue weighted by Crippen LogP contribution is 2.25. The number of hydrogen-bond donors (Lipinski definition) is 0. The zero-order valence-electron chi connectivity index (χ0n) is 6.85. The third kappa shape index (κ3) is 2.60. The summed E-state index contributed by atoms with van der Waals surface area (Å²) in [5.74, 6) is 0. The Morgan fingerprint density at radius 1 is 1.46 bits per heavy atom. The standard InChI is InChI=1S/C9H7Cl3O/c1-5(10)6-2-3-7(9(12)13)8(11)4-6/h2-5H,1H3. The van der Waals surface area contributed by atoms with E-state index in [1.54, 1.807) is 18.2 Å². The van der Waals surface area contributed by atoms with Gasteiger partial charge < -0.3 is 0 Å². The van der Waals surface area contributed by atoms with Crippen LogP contribution in [0.1, 0.15) is 28.2 Å². The van der Waals surface area contributed by atoms with Crippen molar-refractivity contribution in [2.45, 2.75) is 12.3 Å². The zero-order valence-corrected chi connectivity index (χ0v) is 9.12. The Morgan fingerprint density at radius 3 is 2.46 bits per heavy atom. The van der Waals surface area contributed by atoms with Crippen molar-refractivity contribution in [3.8, 4) is 0 Å². The van der Waals surface area contributed by atoms with Crippen LogP contribution in [0.15, 0.2) is 18.2 Å². The second kappa shape index (κ2) is 4.32. The second-order valence-corrected chi connectivity index (χ2v) is 4.03. The highest BCUT2D eigenvalue weighted by molar-refractivity contribution is 6.68. The highest BCUT2D eigenvalue weighted by Gasteiger charge is 2.09. The van der Waals surface area contributed by atoms with Gasteiger partial charge in [0, 0.05) is 0 Å². The first-order valence-corrected chi connectivity index (χ1v) is 4.85. The molecule has 4 heteroatoms. The van der Waals surface area contributed by atoms with Crippen LogP contribution in [-0.4, -0.2) is 5.24 Å². The van der Waals surface area contributed by atoms with Crippen molar-refractivity contribution < 1.29 is 4.79 Å². The minimum atomic E-state index is -0.557. The van der Waals surface area contributed by atoms with Crippen molar-refractivity contribution in [2.24, 2.45) is 0 Å². The molecule has 0 saturated heterocycles. The summed E-state index contributed by atoms with van der Waals surface area (Å²) in [5, 5.41) is -0.347. The van der Waals surface area contributed by atoms with Gasteiger partial charge in [0.15, 0.2) is 0 Å². The molecular formula is C9H7Cl3O. The van der Waals surface area contributed by atoms with E-state index >= 15 is 0 Å². The number of alkyl halides is 1. The predicted octanol–water partition coefficient (Wildman–Crippen LogP) is 4.02. The minimum Gasteiger partial charge on any atom is -0.276 e. The van der Waals surface area contributed by atoms with Crippen molar-refractivity contribution in [3.63, 3.8) is 0 Å². The fraction of sp³-hybridized carbons (Fsp3) is 0.222. The molecule has 0 radical (unpaired) electrons. The maximum absolute atomic E-state index is 10.8. The lowest BCUT2D eigenvalue weighted by Gasteiger charge is -2.05. The molecule has 0 aromatic heterocycles. The van der Waals surface area contributed by atoms with Gasteiger partial charge in [-0.05, 0) is 36.2 Å².